The first-order valence-electron chi connectivity index (χ1n) is 8.11. The highest BCUT2D eigenvalue weighted by Crippen LogP contribution is 2.40. The van der Waals surface area contributed by atoms with E-state index in [4.69, 9.17) is 19.9 Å². The van der Waals surface area contributed by atoms with Crippen LogP contribution in [-0.4, -0.2) is 39.1 Å². The molecular weight excluding hydrogens is 326 g/mol. The van der Waals surface area contributed by atoms with E-state index in [2.05, 4.69) is 16.2 Å². The summed E-state index contributed by atoms with van der Waals surface area (Å²) in [6.07, 6.45) is 3.00. The Kier molecular flexibility index (Phi) is 3.69. The van der Waals surface area contributed by atoms with Crippen molar-refractivity contribution >= 4 is 17.5 Å². The molecule has 2 aromatic rings. The van der Waals surface area contributed by atoms with E-state index in [0.29, 0.717) is 24.2 Å². The highest BCUT2D eigenvalue weighted by molar-refractivity contribution is 5.65. The number of ether oxygens (including phenoxy) is 3. The topological polar surface area (TPSA) is 125 Å². The summed E-state index contributed by atoms with van der Waals surface area (Å²) in [6, 6.07) is 5.79. The van der Waals surface area contributed by atoms with Crippen molar-refractivity contribution in [1.29, 1.82) is 5.26 Å². The smallest absolute Gasteiger partial charge is 0.431 e. The van der Waals surface area contributed by atoms with Crippen LogP contribution in [0.15, 0.2) is 18.5 Å². The zero-order valence-electron chi connectivity index (χ0n) is 13.4. The van der Waals surface area contributed by atoms with E-state index in [1.165, 1.54) is 6.33 Å². The fourth-order valence-corrected chi connectivity index (χ4v) is 2.93. The molecule has 0 amide bonds. The molecule has 2 atom stereocenters. The molecule has 2 N–H and O–H groups in total. The Balaban J connectivity index is 1.47. The molecule has 2 aromatic heterocycles. The lowest BCUT2D eigenvalue weighted by Crippen LogP contribution is -2.33. The van der Waals surface area contributed by atoms with Crippen molar-refractivity contribution in [3.05, 3.63) is 24.2 Å². The van der Waals surface area contributed by atoms with Gasteiger partial charge >= 0.3 is 6.16 Å². The molecule has 0 bridgehead atoms. The summed E-state index contributed by atoms with van der Waals surface area (Å²) in [5.41, 5.74) is 6.11. The van der Waals surface area contributed by atoms with Crippen molar-refractivity contribution in [3.8, 4) is 6.07 Å². The molecule has 9 heteroatoms. The molecule has 1 saturated heterocycles. The van der Waals surface area contributed by atoms with Gasteiger partial charge in [0, 0.05) is 0 Å². The number of hydrogen-bond acceptors (Lipinski definition) is 8. The molecule has 0 spiro atoms. The van der Waals surface area contributed by atoms with Crippen LogP contribution in [0.4, 0.5) is 10.6 Å². The predicted octanol–water partition coefficient (Wildman–Crippen LogP) is 1.74. The van der Waals surface area contributed by atoms with E-state index in [1.54, 1.807) is 4.52 Å². The highest BCUT2D eigenvalue weighted by Gasteiger charge is 2.44. The van der Waals surface area contributed by atoms with E-state index >= 15 is 0 Å². The lowest BCUT2D eigenvalue weighted by atomic mass is 10.0. The number of nitrogens with two attached hydrogens (primary N) is 1. The second-order valence-electron chi connectivity index (χ2n) is 6.31. The minimum atomic E-state index is -1.18. The van der Waals surface area contributed by atoms with Gasteiger partial charge in [0.1, 0.15) is 36.7 Å². The molecule has 2 fully saturated rings. The normalized spacial score (nSPS) is 25.6. The summed E-state index contributed by atoms with van der Waals surface area (Å²) in [5.74, 6) is 0.372. The van der Waals surface area contributed by atoms with Crippen LogP contribution in [0, 0.1) is 11.3 Å². The van der Waals surface area contributed by atoms with Crippen LogP contribution in [0.5, 0.6) is 0 Å². The summed E-state index contributed by atoms with van der Waals surface area (Å²) in [5, 5.41) is 13.7. The number of nitrogens with zero attached hydrogens (tertiary/aromatic N) is 4. The van der Waals surface area contributed by atoms with Crippen molar-refractivity contribution in [2.75, 3.05) is 12.3 Å². The molecule has 25 heavy (non-hydrogen) atoms. The van der Waals surface area contributed by atoms with Crippen LogP contribution in [-0.2, 0) is 14.2 Å². The second-order valence-corrected chi connectivity index (χ2v) is 6.31. The van der Waals surface area contributed by atoms with Crippen molar-refractivity contribution in [2.24, 2.45) is 0 Å². The van der Waals surface area contributed by atoms with E-state index in [1.807, 2.05) is 12.1 Å². The Morgan fingerprint density at radius 1 is 1.48 bits per heavy atom. The predicted molar refractivity (Wildman–Crippen MR) is 84.3 cm³/mol. The van der Waals surface area contributed by atoms with Gasteiger partial charge in [0.25, 0.3) is 0 Å². The molecule has 0 aromatic carbocycles. The van der Waals surface area contributed by atoms with Crippen LogP contribution in [0.2, 0.25) is 0 Å². The summed E-state index contributed by atoms with van der Waals surface area (Å²) >= 11 is 0. The molecule has 3 heterocycles. The Hall–Kier alpha value is -2.86. The Bertz CT molecular complexity index is 856. The number of rotatable bonds is 4. The molecule has 4 rings (SSSR count). The van der Waals surface area contributed by atoms with Crippen molar-refractivity contribution in [2.45, 2.75) is 43.5 Å². The SMILES string of the molecule is N#CC1(COC(=O)OC2CC2)CCC(c2ccc3c(N)ncnn23)O1. The van der Waals surface area contributed by atoms with Crippen LogP contribution in [0.1, 0.15) is 37.5 Å². The molecule has 2 unspecified atom stereocenters. The quantitative estimate of drug-likeness (QED) is 0.832. The van der Waals surface area contributed by atoms with Gasteiger partial charge in [0.2, 0.25) is 0 Å². The molecule has 9 nitrogen and oxygen atoms in total. The van der Waals surface area contributed by atoms with Crippen LogP contribution < -0.4 is 5.73 Å². The molecular formula is C16H17N5O4. The molecule has 1 aliphatic carbocycles. The zero-order chi connectivity index (χ0) is 17.4. The molecule has 0 radical (unpaired) electrons. The zero-order valence-corrected chi connectivity index (χ0v) is 13.4. The first-order valence-corrected chi connectivity index (χ1v) is 8.11. The number of nitrogen functional groups attached to an aromatic ring is 1. The summed E-state index contributed by atoms with van der Waals surface area (Å²) in [7, 11) is 0. The maximum Gasteiger partial charge on any atom is 0.508 e. The van der Waals surface area contributed by atoms with Gasteiger partial charge in [-0.3, -0.25) is 0 Å². The van der Waals surface area contributed by atoms with Gasteiger partial charge in [-0.05, 0) is 37.8 Å². The molecule has 2 aliphatic rings. The van der Waals surface area contributed by atoms with Gasteiger partial charge in [-0.2, -0.15) is 10.4 Å². The minimum Gasteiger partial charge on any atom is -0.431 e. The first-order chi connectivity index (χ1) is 12.1. The number of carbonyl (C=O) groups excluding carboxylic acids is 1. The van der Waals surface area contributed by atoms with Gasteiger partial charge < -0.3 is 19.9 Å². The first kappa shape index (κ1) is 15.7. The Labute approximate surface area is 143 Å². The van der Waals surface area contributed by atoms with E-state index < -0.39 is 11.8 Å². The summed E-state index contributed by atoms with van der Waals surface area (Å²) in [6.45, 7) is -0.161. The summed E-state index contributed by atoms with van der Waals surface area (Å²) < 4.78 is 17.7. The van der Waals surface area contributed by atoms with Gasteiger partial charge in [-0.15, -0.1) is 0 Å². The van der Waals surface area contributed by atoms with Gasteiger partial charge in [-0.25, -0.2) is 14.3 Å². The van der Waals surface area contributed by atoms with Crippen LogP contribution in [0.3, 0.4) is 0 Å². The second kappa shape index (κ2) is 5.89. The maximum absolute atomic E-state index is 11.6. The lowest BCUT2D eigenvalue weighted by molar-refractivity contribution is -0.0559. The number of fused-ring (bicyclic) bond motifs is 1. The number of aromatic nitrogens is 3. The molecule has 1 aliphatic heterocycles. The van der Waals surface area contributed by atoms with E-state index in [0.717, 1.165) is 18.5 Å². The third kappa shape index (κ3) is 2.96. The lowest BCUT2D eigenvalue weighted by Gasteiger charge is -2.21. The minimum absolute atomic E-state index is 0.0417. The van der Waals surface area contributed by atoms with Crippen molar-refractivity contribution in [3.63, 3.8) is 0 Å². The van der Waals surface area contributed by atoms with Crippen molar-refractivity contribution in [1.82, 2.24) is 14.6 Å². The molecule has 1 saturated carbocycles. The standard InChI is InChI=1S/C16H17N5O4/c17-7-16(8-23-15(22)24-10-1-2-10)6-5-13(25-16)11-3-4-12-14(18)19-9-20-21(11)12/h3-4,9-10,13H,1-2,5-6,8H2,(H2,18,19,20). The number of carbonyl (C=O) groups is 1. The number of hydrogen-bond donors (Lipinski definition) is 1. The average Bonchev–Trinajstić information content (AvgIpc) is 3.15. The van der Waals surface area contributed by atoms with Crippen LogP contribution >= 0.6 is 0 Å². The molecule has 130 valence electrons. The van der Waals surface area contributed by atoms with Gasteiger partial charge in [0.15, 0.2) is 11.4 Å². The van der Waals surface area contributed by atoms with Crippen LogP contribution in [0.25, 0.3) is 5.52 Å². The number of anilines is 1. The third-order valence-corrected chi connectivity index (χ3v) is 4.43. The van der Waals surface area contributed by atoms with E-state index in [9.17, 15) is 10.1 Å². The average molecular weight is 343 g/mol. The monoisotopic (exact) mass is 343 g/mol. The van der Waals surface area contributed by atoms with E-state index in [-0.39, 0.29) is 18.8 Å². The van der Waals surface area contributed by atoms with Crippen molar-refractivity contribution < 1.29 is 19.0 Å². The maximum atomic E-state index is 11.6. The van der Waals surface area contributed by atoms with Gasteiger partial charge in [-0.1, -0.05) is 0 Å². The Morgan fingerprint density at radius 2 is 2.32 bits per heavy atom. The highest BCUT2D eigenvalue weighted by atomic mass is 16.7. The van der Waals surface area contributed by atoms with Gasteiger partial charge in [0.05, 0.1) is 5.69 Å². The number of nitriles is 1. The summed E-state index contributed by atoms with van der Waals surface area (Å²) in [4.78, 5) is 15.5. The fraction of sp³-hybridized carbons (Fsp3) is 0.500. The Morgan fingerprint density at radius 3 is 3.08 bits per heavy atom. The largest absolute Gasteiger partial charge is 0.508 e. The fourth-order valence-electron chi connectivity index (χ4n) is 2.93. The third-order valence-electron chi connectivity index (χ3n) is 4.43.